The first-order valence-corrected chi connectivity index (χ1v) is 10.8. The number of alkyl halides is 6. The van der Waals surface area contributed by atoms with E-state index in [1.807, 2.05) is 0 Å². The van der Waals surface area contributed by atoms with Crippen LogP contribution in [0.5, 0.6) is 0 Å². The van der Waals surface area contributed by atoms with Gasteiger partial charge >= 0.3 is 18.4 Å². The molecule has 0 aliphatic heterocycles. The molecule has 3 atom stereocenters. The molecular weight excluding hydrogens is 448 g/mol. The molecule has 5 nitrogen and oxygen atoms in total. The average molecular weight is 473 g/mol. The third kappa shape index (κ3) is 7.37. The highest BCUT2D eigenvalue weighted by Crippen LogP contribution is 2.37. The Bertz CT molecular complexity index is 788. The highest BCUT2D eigenvalue weighted by Gasteiger charge is 2.37. The van der Waals surface area contributed by atoms with Crippen molar-refractivity contribution in [1.29, 1.82) is 0 Å². The summed E-state index contributed by atoms with van der Waals surface area (Å²) >= 11 is 0. The first kappa shape index (κ1) is 25.4. The van der Waals surface area contributed by atoms with E-state index in [0.29, 0.717) is 25.0 Å². The summed E-state index contributed by atoms with van der Waals surface area (Å²) in [7, 11) is -1.41. The first-order chi connectivity index (χ1) is 14.1. The van der Waals surface area contributed by atoms with Crippen molar-refractivity contribution in [3.05, 3.63) is 29.3 Å². The van der Waals surface area contributed by atoms with Crippen LogP contribution in [0.15, 0.2) is 18.2 Å². The fourth-order valence-corrected chi connectivity index (χ4v) is 4.03. The Morgan fingerprint density at radius 3 is 1.84 bits per heavy atom. The van der Waals surface area contributed by atoms with Crippen LogP contribution in [0, 0.1) is 0 Å². The maximum Gasteiger partial charge on any atom is 0.416 e. The normalized spacial score (nSPS) is 21.5. The van der Waals surface area contributed by atoms with E-state index in [0.717, 1.165) is 12.8 Å². The molecule has 0 saturated heterocycles. The standard InChI is InChI=1S/C19H25F6N3O2S/c1-17(2,3)31(30)28-15-7-5-4-6-14(15)27-16(29)26-13-9-11(18(20,21)22)8-12(10-13)19(23,24)25/h8-10,14-15,28H,4-7H2,1-3H3,(H2,26,27,29). The topological polar surface area (TPSA) is 70.2 Å². The monoisotopic (exact) mass is 473 g/mol. The van der Waals surface area contributed by atoms with Crippen molar-refractivity contribution in [2.45, 2.75) is 75.6 Å². The minimum Gasteiger partial charge on any atom is -0.334 e. The minimum atomic E-state index is -5.01. The van der Waals surface area contributed by atoms with E-state index in [-0.39, 0.29) is 12.1 Å². The number of hydrogen-bond donors (Lipinski definition) is 3. The van der Waals surface area contributed by atoms with E-state index in [1.165, 1.54) is 0 Å². The number of halogens is 6. The van der Waals surface area contributed by atoms with Crippen LogP contribution < -0.4 is 15.4 Å². The van der Waals surface area contributed by atoms with Crippen molar-refractivity contribution >= 4 is 22.7 Å². The molecule has 176 valence electrons. The van der Waals surface area contributed by atoms with Gasteiger partial charge in [-0.05, 0) is 51.8 Å². The molecule has 12 heteroatoms. The Hall–Kier alpha value is -1.82. The van der Waals surface area contributed by atoms with Gasteiger partial charge in [0.1, 0.15) is 0 Å². The Balaban J connectivity index is 2.16. The van der Waals surface area contributed by atoms with E-state index >= 15 is 0 Å². The molecule has 1 aromatic rings. The fourth-order valence-electron chi connectivity index (χ4n) is 3.12. The van der Waals surface area contributed by atoms with Crippen molar-refractivity contribution in [2.75, 3.05) is 5.32 Å². The zero-order valence-corrected chi connectivity index (χ0v) is 18.0. The molecule has 3 N–H and O–H groups in total. The van der Waals surface area contributed by atoms with Crippen molar-refractivity contribution in [3.8, 4) is 0 Å². The van der Waals surface area contributed by atoms with Gasteiger partial charge in [0, 0.05) is 17.8 Å². The number of urea groups is 1. The largest absolute Gasteiger partial charge is 0.416 e. The maximum absolute atomic E-state index is 13.0. The Morgan fingerprint density at radius 2 is 1.39 bits per heavy atom. The molecule has 1 aliphatic carbocycles. The molecule has 1 aromatic carbocycles. The van der Waals surface area contributed by atoms with E-state index in [9.17, 15) is 35.3 Å². The summed E-state index contributed by atoms with van der Waals surface area (Å²) < 4.78 is 92.7. The van der Waals surface area contributed by atoms with Gasteiger partial charge in [-0.3, -0.25) is 0 Å². The molecule has 0 aromatic heterocycles. The molecule has 0 bridgehead atoms. The number of hydrogen-bond acceptors (Lipinski definition) is 2. The van der Waals surface area contributed by atoms with Crippen molar-refractivity contribution in [3.63, 3.8) is 0 Å². The fraction of sp³-hybridized carbons (Fsp3) is 0.632. The van der Waals surface area contributed by atoms with Crippen molar-refractivity contribution in [1.82, 2.24) is 10.0 Å². The van der Waals surface area contributed by atoms with Crippen LogP contribution in [0.2, 0.25) is 0 Å². The predicted molar refractivity (Wildman–Crippen MR) is 106 cm³/mol. The lowest BCUT2D eigenvalue weighted by molar-refractivity contribution is -0.143. The Kier molecular flexibility index (Phi) is 7.68. The number of nitrogens with one attached hydrogen (secondary N) is 3. The van der Waals surface area contributed by atoms with Gasteiger partial charge in [0.05, 0.1) is 26.9 Å². The van der Waals surface area contributed by atoms with Gasteiger partial charge in [0.25, 0.3) is 0 Å². The van der Waals surface area contributed by atoms with Crippen LogP contribution in [0.4, 0.5) is 36.8 Å². The second-order valence-corrected chi connectivity index (χ2v) is 10.4. The van der Waals surface area contributed by atoms with Gasteiger partial charge in [-0.15, -0.1) is 0 Å². The maximum atomic E-state index is 13.0. The number of benzene rings is 1. The molecule has 0 heterocycles. The Labute approximate surface area is 178 Å². The van der Waals surface area contributed by atoms with Gasteiger partial charge in [-0.2, -0.15) is 26.3 Å². The molecule has 1 fully saturated rings. The van der Waals surface area contributed by atoms with E-state index < -0.39 is 57.0 Å². The highest BCUT2D eigenvalue weighted by atomic mass is 32.2. The molecule has 2 rings (SSSR count). The Morgan fingerprint density at radius 1 is 0.903 bits per heavy atom. The zero-order chi connectivity index (χ0) is 23.6. The summed E-state index contributed by atoms with van der Waals surface area (Å²) in [5.74, 6) is 0. The quantitative estimate of drug-likeness (QED) is 0.526. The van der Waals surface area contributed by atoms with Crippen LogP contribution in [-0.2, 0) is 23.3 Å². The smallest absolute Gasteiger partial charge is 0.334 e. The van der Waals surface area contributed by atoms with Crippen LogP contribution in [0.1, 0.15) is 57.6 Å². The van der Waals surface area contributed by atoms with Crippen LogP contribution in [0.3, 0.4) is 0 Å². The third-order valence-corrected chi connectivity index (χ3v) is 6.37. The van der Waals surface area contributed by atoms with Crippen LogP contribution in [-0.4, -0.2) is 27.1 Å². The predicted octanol–water partition coefficient (Wildman–Crippen LogP) is 5.21. The average Bonchev–Trinajstić information content (AvgIpc) is 2.60. The molecular formula is C19H25F6N3O2S. The molecule has 3 unspecified atom stereocenters. The van der Waals surface area contributed by atoms with Gasteiger partial charge < -0.3 is 10.6 Å². The number of carbonyl (C=O) groups is 1. The number of carbonyl (C=O) groups excluding carboxylic acids is 1. The van der Waals surface area contributed by atoms with Gasteiger partial charge in [-0.25, -0.2) is 13.7 Å². The van der Waals surface area contributed by atoms with E-state index in [4.69, 9.17) is 0 Å². The van der Waals surface area contributed by atoms with E-state index in [1.54, 1.807) is 20.8 Å². The number of amides is 2. The molecule has 31 heavy (non-hydrogen) atoms. The summed E-state index contributed by atoms with van der Waals surface area (Å²) in [6.45, 7) is 5.33. The van der Waals surface area contributed by atoms with Gasteiger partial charge in [0.2, 0.25) is 0 Å². The summed E-state index contributed by atoms with van der Waals surface area (Å²) in [6.07, 6.45) is -7.26. The molecule has 0 spiro atoms. The molecule has 2 amide bonds. The van der Waals surface area contributed by atoms with Crippen molar-refractivity contribution in [2.24, 2.45) is 0 Å². The first-order valence-electron chi connectivity index (χ1n) is 9.62. The van der Waals surface area contributed by atoms with Crippen LogP contribution in [0.25, 0.3) is 0 Å². The molecule has 1 saturated carbocycles. The summed E-state index contributed by atoms with van der Waals surface area (Å²) in [5.41, 5.74) is -3.66. The second-order valence-electron chi connectivity index (χ2n) is 8.39. The summed E-state index contributed by atoms with van der Waals surface area (Å²) in [4.78, 5) is 12.3. The van der Waals surface area contributed by atoms with Crippen molar-refractivity contribution < 1.29 is 35.3 Å². The lowest BCUT2D eigenvalue weighted by Gasteiger charge is -2.34. The van der Waals surface area contributed by atoms with Crippen LogP contribution >= 0.6 is 0 Å². The SMILES string of the molecule is CC(C)(C)S(=O)NC1CCCCC1NC(=O)Nc1cc(C(F)(F)F)cc(C(F)(F)F)c1. The molecule has 1 aliphatic rings. The number of rotatable bonds is 4. The third-order valence-electron chi connectivity index (χ3n) is 4.74. The van der Waals surface area contributed by atoms with Gasteiger partial charge in [-0.1, -0.05) is 12.8 Å². The molecule has 0 radical (unpaired) electrons. The number of anilines is 1. The summed E-state index contributed by atoms with van der Waals surface area (Å²) in [6, 6.07) is -0.876. The zero-order valence-electron chi connectivity index (χ0n) is 17.2. The lowest BCUT2D eigenvalue weighted by atomic mass is 9.91. The van der Waals surface area contributed by atoms with Gasteiger partial charge in [0.15, 0.2) is 0 Å². The second kappa shape index (κ2) is 9.35. The minimum absolute atomic E-state index is 0.00795. The highest BCUT2D eigenvalue weighted by molar-refractivity contribution is 7.84. The summed E-state index contributed by atoms with van der Waals surface area (Å²) in [5, 5.41) is 4.65. The lowest BCUT2D eigenvalue weighted by Crippen LogP contribution is -2.54. The van der Waals surface area contributed by atoms with E-state index in [2.05, 4.69) is 15.4 Å².